The summed E-state index contributed by atoms with van der Waals surface area (Å²) >= 11 is 0. The van der Waals surface area contributed by atoms with Gasteiger partial charge in [0.15, 0.2) is 0 Å². The first-order chi connectivity index (χ1) is 9.87. The van der Waals surface area contributed by atoms with Crippen LogP contribution < -0.4 is 4.90 Å². The van der Waals surface area contributed by atoms with E-state index in [2.05, 4.69) is 14.2 Å². The quantitative estimate of drug-likeness (QED) is 0.608. The average Bonchev–Trinajstić information content (AvgIpc) is 2.50. The van der Waals surface area contributed by atoms with Gasteiger partial charge in [-0.1, -0.05) is 0 Å². The van der Waals surface area contributed by atoms with Gasteiger partial charge < -0.3 is 19.1 Å². The maximum absolute atomic E-state index is 11.8. The summed E-state index contributed by atoms with van der Waals surface area (Å²) in [6.07, 6.45) is 0. The van der Waals surface area contributed by atoms with Crippen molar-refractivity contribution < 1.29 is 28.6 Å². The molecule has 21 heavy (non-hydrogen) atoms. The highest BCUT2D eigenvalue weighted by Crippen LogP contribution is 2.26. The minimum atomic E-state index is -0.745. The molecule has 0 aliphatic rings. The highest BCUT2D eigenvalue weighted by atomic mass is 16.5. The minimum Gasteiger partial charge on any atom is -0.465 e. The van der Waals surface area contributed by atoms with Gasteiger partial charge in [0.1, 0.15) is 0 Å². The Labute approximate surface area is 122 Å². The second kappa shape index (κ2) is 6.74. The Balaban J connectivity index is 3.65. The molecular formula is C14H17NO6. The van der Waals surface area contributed by atoms with Crippen LogP contribution >= 0.6 is 0 Å². The molecule has 0 amide bonds. The van der Waals surface area contributed by atoms with Gasteiger partial charge >= 0.3 is 17.9 Å². The lowest BCUT2D eigenvalue weighted by atomic mass is 10.0. The Bertz CT molecular complexity index is 579. The first-order valence-corrected chi connectivity index (χ1v) is 5.97. The van der Waals surface area contributed by atoms with Crippen LogP contribution in [0.1, 0.15) is 31.1 Å². The number of rotatable bonds is 4. The van der Waals surface area contributed by atoms with E-state index < -0.39 is 17.9 Å². The van der Waals surface area contributed by atoms with Crippen molar-refractivity contribution >= 4 is 23.6 Å². The summed E-state index contributed by atoms with van der Waals surface area (Å²) in [5, 5.41) is 0. The number of ether oxygens (including phenoxy) is 3. The van der Waals surface area contributed by atoms with Crippen molar-refractivity contribution in [3.8, 4) is 0 Å². The first-order valence-electron chi connectivity index (χ1n) is 5.97. The molecule has 0 unspecified atom stereocenters. The summed E-state index contributed by atoms with van der Waals surface area (Å²) in [6.45, 7) is 0. The highest BCUT2D eigenvalue weighted by Gasteiger charge is 2.25. The molecule has 0 aliphatic heterocycles. The average molecular weight is 295 g/mol. The molecule has 0 saturated carbocycles. The maximum Gasteiger partial charge on any atom is 0.339 e. The second-order valence-electron chi connectivity index (χ2n) is 4.28. The number of methoxy groups -OCH3 is 3. The third kappa shape index (κ3) is 3.31. The number of esters is 3. The van der Waals surface area contributed by atoms with Crippen molar-refractivity contribution in [3.63, 3.8) is 0 Å². The molecule has 0 atom stereocenters. The molecule has 0 saturated heterocycles. The van der Waals surface area contributed by atoms with Crippen molar-refractivity contribution in [2.45, 2.75) is 0 Å². The minimum absolute atomic E-state index is 0.0145. The van der Waals surface area contributed by atoms with Crippen molar-refractivity contribution in [3.05, 3.63) is 28.8 Å². The predicted octanol–water partition coefficient (Wildman–Crippen LogP) is 1.11. The van der Waals surface area contributed by atoms with Gasteiger partial charge in [-0.25, -0.2) is 14.4 Å². The Hall–Kier alpha value is -2.57. The van der Waals surface area contributed by atoms with Gasteiger partial charge in [0, 0.05) is 14.1 Å². The Kier molecular flexibility index (Phi) is 5.29. The molecule has 7 heteroatoms. The summed E-state index contributed by atoms with van der Waals surface area (Å²) in [7, 11) is 7.00. The zero-order valence-corrected chi connectivity index (χ0v) is 12.6. The smallest absolute Gasteiger partial charge is 0.339 e. The fourth-order valence-corrected chi connectivity index (χ4v) is 1.79. The first kappa shape index (κ1) is 16.5. The third-order valence-corrected chi connectivity index (χ3v) is 2.83. The summed E-state index contributed by atoms with van der Waals surface area (Å²) in [5.41, 5.74) is 0.529. The monoisotopic (exact) mass is 295 g/mol. The van der Waals surface area contributed by atoms with Crippen LogP contribution in [0.15, 0.2) is 12.1 Å². The molecule has 114 valence electrons. The normalized spacial score (nSPS) is 9.76. The molecule has 7 nitrogen and oxygen atoms in total. The molecule has 1 rings (SSSR count). The molecule has 1 aromatic carbocycles. The van der Waals surface area contributed by atoms with Crippen LogP contribution in [-0.2, 0) is 14.2 Å². The molecular weight excluding hydrogens is 278 g/mol. The molecule has 0 heterocycles. The lowest BCUT2D eigenvalue weighted by Crippen LogP contribution is -2.19. The molecule has 0 spiro atoms. The fraction of sp³-hybridized carbons (Fsp3) is 0.357. The number of nitrogens with zero attached hydrogens (tertiary/aromatic N) is 1. The Morgan fingerprint density at radius 1 is 0.762 bits per heavy atom. The third-order valence-electron chi connectivity index (χ3n) is 2.83. The van der Waals surface area contributed by atoms with Crippen molar-refractivity contribution in [1.82, 2.24) is 0 Å². The van der Waals surface area contributed by atoms with E-state index in [1.807, 2.05) is 0 Å². The lowest BCUT2D eigenvalue weighted by molar-refractivity contribution is 0.0553. The largest absolute Gasteiger partial charge is 0.465 e. The molecule has 0 bridgehead atoms. The molecule has 0 N–H and O–H groups in total. The van der Waals surface area contributed by atoms with E-state index in [1.165, 1.54) is 33.5 Å². The Morgan fingerprint density at radius 3 is 1.52 bits per heavy atom. The van der Waals surface area contributed by atoms with Crippen molar-refractivity contribution in [2.24, 2.45) is 0 Å². The van der Waals surface area contributed by atoms with E-state index in [-0.39, 0.29) is 16.7 Å². The van der Waals surface area contributed by atoms with E-state index in [1.54, 1.807) is 19.0 Å². The topological polar surface area (TPSA) is 82.1 Å². The summed E-state index contributed by atoms with van der Waals surface area (Å²) in [6, 6.07) is 2.66. The van der Waals surface area contributed by atoms with E-state index >= 15 is 0 Å². The van der Waals surface area contributed by atoms with Gasteiger partial charge in [-0.3, -0.25) is 0 Å². The van der Waals surface area contributed by atoms with Crippen molar-refractivity contribution in [1.29, 1.82) is 0 Å². The summed E-state index contributed by atoms with van der Waals surface area (Å²) in [5.74, 6) is -2.07. The molecule has 0 fully saturated rings. The SMILES string of the molecule is COC(=O)c1cc(C(=O)OC)c(N(C)C)cc1C(=O)OC. The highest BCUT2D eigenvalue weighted by molar-refractivity contribution is 6.07. The fourth-order valence-electron chi connectivity index (χ4n) is 1.79. The van der Waals surface area contributed by atoms with Gasteiger partial charge in [0.05, 0.1) is 43.7 Å². The van der Waals surface area contributed by atoms with Gasteiger partial charge in [0.25, 0.3) is 0 Å². The van der Waals surface area contributed by atoms with Gasteiger partial charge in [-0.05, 0) is 12.1 Å². The molecule has 0 aromatic heterocycles. The Morgan fingerprint density at radius 2 is 1.14 bits per heavy atom. The van der Waals surface area contributed by atoms with Gasteiger partial charge in [0.2, 0.25) is 0 Å². The summed E-state index contributed by atoms with van der Waals surface area (Å²) < 4.78 is 14.0. The molecule has 0 radical (unpaired) electrons. The van der Waals surface area contributed by atoms with Crippen LogP contribution in [0, 0.1) is 0 Å². The molecule has 1 aromatic rings. The number of hydrogen-bond acceptors (Lipinski definition) is 7. The summed E-state index contributed by atoms with van der Waals surface area (Å²) in [4.78, 5) is 37.1. The number of carbonyl (C=O) groups excluding carboxylic acids is 3. The lowest BCUT2D eigenvalue weighted by Gasteiger charge is -2.19. The second-order valence-corrected chi connectivity index (χ2v) is 4.28. The van der Waals surface area contributed by atoms with Crippen LogP contribution in [-0.4, -0.2) is 53.3 Å². The molecule has 0 aliphatic carbocycles. The van der Waals surface area contributed by atoms with Crippen molar-refractivity contribution in [2.75, 3.05) is 40.3 Å². The van der Waals surface area contributed by atoms with E-state index in [4.69, 9.17) is 0 Å². The zero-order valence-electron chi connectivity index (χ0n) is 12.6. The van der Waals surface area contributed by atoms with E-state index in [0.29, 0.717) is 5.69 Å². The number of carbonyl (C=O) groups is 3. The predicted molar refractivity (Wildman–Crippen MR) is 74.8 cm³/mol. The van der Waals surface area contributed by atoms with Crippen LogP contribution in [0.25, 0.3) is 0 Å². The number of benzene rings is 1. The van der Waals surface area contributed by atoms with Gasteiger partial charge in [-0.15, -0.1) is 0 Å². The standard InChI is InChI=1S/C14H17NO6/c1-15(2)11-7-9(13(17)20-4)8(12(16)19-3)6-10(11)14(18)21-5/h6-7H,1-5H3. The van der Waals surface area contributed by atoms with Crippen LogP contribution in [0.2, 0.25) is 0 Å². The van der Waals surface area contributed by atoms with Gasteiger partial charge in [-0.2, -0.15) is 0 Å². The van der Waals surface area contributed by atoms with E-state index in [9.17, 15) is 14.4 Å². The van der Waals surface area contributed by atoms with Crippen LogP contribution in [0.3, 0.4) is 0 Å². The van der Waals surface area contributed by atoms with E-state index in [0.717, 1.165) is 0 Å². The number of anilines is 1. The number of hydrogen-bond donors (Lipinski definition) is 0. The maximum atomic E-state index is 11.8. The van der Waals surface area contributed by atoms with Crippen LogP contribution in [0.5, 0.6) is 0 Å². The van der Waals surface area contributed by atoms with Crippen LogP contribution in [0.4, 0.5) is 5.69 Å². The zero-order chi connectivity index (χ0) is 16.2.